The highest BCUT2D eigenvalue weighted by molar-refractivity contribution is 5.93. The predicted molar refractivity (Wildman–Crippen MR) is 71.2 cm³/mol. The first-order chi connectivity index (χ1) is 9.33. The second-order valence-corrected chi connectivity index (χ2v) is 5.40. The zero-order valence-corrected chi connectivity index (χ0v) is 11.2. The molecule has 0 saturated carbocycles. The number of ether oxygens (including phenoxy) is 1. The third kappa shape index (κ3) is 2.97. The number of rotatable bonds is 4. The van der Waals surface area contributed by atoms with Crippen molar-refractivity contribution in [1.29, 1.82) is 0 Å². The minimum absolute atomic E-state index is 0.0332. The van der Waals surface area contributed by atoms with E-state index in [0.717, 1.165) is 56.8 Å². The molecule has 0 aromatic carbocycles. The van der Waals surface area contributed by atoms with Crippen molar-refractivity contribution in [2.45, 2.75) is 51.0 Å². The Kier molecular flexibility index (Phi) is 3.82. The number of fused-ring (bicyclic) bond motifs is 1. The van der Waals surface area contributed by atoms with Crippen LogP contribution < -0.4 is 5.32 Å². The van der Waals surface area contributed by atoms with Gasteiger partial charge in [0.25, 0.3) is 5.91 Å². The van der Waals surface area contributed by atoms with E-state index in [2.05, 4.69) is 15.3 Å². The Balaban J connectivity index is 1.56. The van der Waals surface area contributed by atoms with Gasteiger partial charge < -0.3 is 15.0 Å². The number of nitrogens with zero attached hydrogens (tertiary/aromatic N) is 1. The Hall–Kier alpha value is -1.36. The number of carbonyl (C=O) groups is 1. The molecule has 19 heavy (non-hydrogen) atoms. The smallest absolute Gasteiger partial charge is 0.271 e. The molecular weight excluding hydrogens is 242 g/mol. The van der Waals surface area contributed by atoms with Crippen LogP contribution in [-0.2, 0) is 17.6 Å². The van der Waals surface area contributed by atoms with Crippen LogP contribution in [-0.4, -0.2) is 35.1 Å². The third-order valence-electron chi connectivity index (χ3n) is 3.90. The molecule has 1 fully saturated rings. The minimum atomic E-state index is -0.0332. The summed E-state index contributed by atoms with van der Waals surface area (Å²) in [4.78, 5) is 19.6. The number of H-pyrrole nitrogens is 1. The highest BCUT2D eigenvalue weighted by atomic mass is 16.5. The van der Waals surface area contributed by atoms with Gasteiger partial charge in [-0.05, 0) is 38.5 Å². The number of carbonyl (C=O) groups excluding carboxylic acids is 1. The maximum Gasteiger partial charge on any atom is 0.271 e. The Morgan fingerprint density at radius 3 is 3.16 bits per heavy atom. The van der Waals surface area contributed by atoms with Crippen molar-refractivity contribution in [3.8, 4) is 0 Å². The lowest BCUT2D eigenvalue weighted by atomic mass is 10.1. The highest BCUT2D eigenvalue weighted by Gasteiger charge is 2.20. The summed E-state index contributed by atoms with van der Waals surface area (Å²) in [6.45, 7) is 1.66. The first kappa shape index (κ1) is 12.7. The molecule has 104 valence electrons. The number of hydrogen-bond acceptors (Lipinski definition) is 3. The monoisotopic (exact) mass is 263 g/mol. The SMILES string of the molecule is O=C1NCCCc2[nH]c(CCCC3CCCO3)nc21. The van der Waals surface area contributed by atoms with E-state index in [9.17, 15) is 4.79 Å². The summed E-state index contributed by atoms with van der Waals surface area (Å²) in [5.74, 6) is 0.911. The van der Waals surface area contributed by atoms with Gasteiger partial charge in [0.05, 0.1) is 6.10 Å². The Bertz CT molecular complexity index is 450. The van der Waals surface area contributed by atoms with Crippen LogP contribution in [0.2, 0.25) is 0 Å². The van der Waals surface area contributed by atoms with Gasteiger partial charge in [-0.3, -0.25) is 4.79 Å². The van der Waals surface area contributed by atoms with Gasteiger partial charge in [-0.1, -0.05) is 0 Å². The van der Waals surface area contributed by atoms with E-state index in [1.165, 1.54) is 12.8 Å². The summed E-state index contributed by atoms with van der Waals surface area (Å²) in [6, 6.07) is 0. The fourth-order valence-electron chi connectivity index (χ4n) is 2.87. The van der Waals surface area contributed by atoms with Gasteiger partial charge in [0.1, 0.15) is 11.5 Å². The number of nitrogens with one attached hydrogen (secondary N) is 2. The number of aryl methyl sites for hydroxylation is 2. The standard InChI is InChI=1S/C14H21N3O2/c18-14-13-11(6-2-8-15-14)16-12(17-13)7-1-4-10-5-3-9-19-10/h10H,1-9H2,(H,15,18)(H,16,17). The van der Waals surface area contributed by atoms with Crippen molar-refractivity contribution in [3.05, 3.63) is 17.2 Å². The Morgan fingerprint density at radius 2 is 2.32 bits per heavy atom. The van der Waals surface area contributed by atoms with Crippen LogP contribution in [0.1, 0.15) is 54.1 Å². The van der Waals surface area contributed by atoms with Crippen molar-refractivity contribution in [2.24, 2.45) is 0 Å². The molecule has 0 spiro atoms. The maximum atomic E-state index is 11.8. The molecule has 0 aliphatic carbocycles. The molecule has 0 radical (unpaired) electrons. The van der Waals surface area contributed by atoms with E-state index >= 15 is 0 Å². The largest absolute Gasteiger partial charge is 0.378 e. The molecule has 5 nitrogen and oxygen atoms in total. The normalized spacial score (nSPS) is 22.9. The number of imidazole rings is 1. The predicted octanol–water partition coefficient (Wildman–Crippen LogP) is 1.59. The molecule has 1 unspecified atom stereocenters. The molecule has 1 atom stereocenters. The van der Waals surface area contributed by atoms with E-state index in [1.54, 1.807) is 0 Å². The maximum absolute atomic E-state index is 11.8. The van der Waals surface area contributed by atoms with E-state index < -0.39 is 0 Å². The van der Waals surface area contributed by atoms with Crippen LogP contribution in [0.5, 0.6) is 0 Å². The molecule has 2 aliphatic rings. The summed E-state index contributed by atoms with van der Waals surface area (Å²) in [5, 5.41) is 2.87. The summed E-state index contributed by atoms with van der Waals surface area (Å²) >= 11 is 0. The zero-order chi connectivity index (χ0) is 13.1. The molecule has 2 N–H and O–H groups in total. The topological polar surface area (TPSA) is 67.0 Å². The Labute approximate surface area is 113 Å². The third-order valence-corrected chi connectivity index (χ3v) is 3.90. The summed E-state index contributed by atoms with van der Waals surface area (Å²) in [6.07, 6.45) is 7.78. The van der Waals surface area contributed by atoms with Gasteiger partial charge in [0, 0.05) is 25.3 Å². The lowest BCUT2D eigenvalue weighted by molar-refractivity contribution is 0.0951. The van der Waals surface area contributed by atoms with Gasteiger partial charge >= 0.3 is 0 Å². The first-order valence-electron chi connectivity index (χ1n) is 7.30. The van der Waals surface area contributed by atoms with Crippen molar-refractivity contribution in [3.63, 3.8) is 0 Å². The van der Waals surface area contributed by atoms with Gasteiger partial charge in [0.15, 0.2) is 0 Å². The van der Waals surface area contributed by atoms with Gasteiger partial charge in [-0.15, -0.1) is 0 Å². The number of aromatic nitrogens is 2. The molecule has 3 rings (SSSR count). The number of amides is 1. The van der Waals surface area contributed by atoms with Crippen LogP contribution in [0.3, 0.4) is 0 Å². The van der Waals surface area contributed by atoms with E-state index in [-0.39, 0.29) is 5.91 Å². The molecule has 1 amide bonds. The van der Waals surface area contributed by atoms with Crippen LogP contribution in [0.4, 0.5) is 0 Å². The fraction of sp³-hybridized carbons (Fsp3) is 0.714. The lowest BCUT2D eigenvalue weighted by Gasteiger charge is -2.07. The van der Waals surface area contributed by atoms with Crippen LogP contribution in [0.15, 0.2) is 0 Å². The molecule has 3 heterocycles. The van der Waals surface area contributed by atoms with Crippen LogP contribution in [0.25, 0.3) is 0 Å². The molecule has 1 aromatic heterocycles. The molecule has 1 saturated heterocycles. The lowest BCUT2D eigenvalue weighted by Crippen LogP contribution is -2.23. The van der Waals surface area contributed by atoms with Gasteiger partial charge in [-0.25, -0.2) is 4.98 Å². The van der Waals surface area contributed by atoms with E-state index in [0.29, 0.717) is 11.8 Å². The number of hydrogen-bond donors (Lipinski definition) is 2. The van der Waals surface area contributed by atoms with Crippen LogP contribution >= 0.6 is 0 Å². The molecule has 2 aliphatic heterocycles. The van der Waals surface area contributed by atoms with Crippen LogP contribution in [0, 0.1) is 0 Å². The van der Waals surface area contributed by atoms with Crippen molar-refractivity contribution in [2.75, 3.05) is 13.2 Å². The zero-order valence-electron chi connectivity index (χ0n) is 11.2. The second kappa shape index (κ2) is 5.74. The molecule has 0 bridgehead atoms. The Morgan fingerprint density at radius 1 is 1.37 bits per heavy atom. The highest BCUT2D eigenvalue weighted by Crippen LogP contribution is 2.18. The van der Waals surface area contributed by atoms with E-state index in [1.807, 2.05) is 0 Å². The number of aromatic amines is 1. The van der Waals surface area contributed by atoms with Crippen molar-refractivity contribution < 1.29 is 9.53 Å². The van der Waals surface area contributed by atoms with E-state index in [4.69, 9.17) is 4.74 Å². The average Bonchev–Trinajstić information content (AvgIpc) is 3.01. The minimum Gasteiger partial charge on any atom is -0.378 e. The second-order valence-electron chi connectivity index (χ2n) is 5.40. The fourth-order valence-corrected chi connectivity index (χ4v) is 2.87. The van der Waals surface area contributed by atoms with Crippen molar-refractivity contribution >= 4 is 5.91 Å². The first-order valence-corrected chi connectivity index (χ1v) is 7.30. The summed E-state index contributed by atoms with van der Waals surface area (Å²) in [5.41, 5.74) is 1.60. The summed E-state index contributed by atoms with van der Waals surface area (Å²) < 4.78 is 5.61. The summed E-state index contributed by atoms with van der Waals surface area (Å²) in [7, 11) is 0. The molecular formula is C14H21N3O2. The van der Waals surface area contributed by atoms with Gasteiger partial charge in [-0.2, -0.15) is 0 Å². The molecule has 1 aromatic rings. The molecule has 5 heteroatoms. The quantitative estimate of drug-likeness (QED) is 0.867. The van der Waals surface area contributed by atoms with Crippen molar-refractivity contribution in [1.82, 2.24) is 15.3 Å². The average molecular weight is 263 g/mol. The van der Waals surface area contributed by atoms with Gasteiger partial charge in [0.2, 0.25) is 0 Å².